The Morgan fingerprint density at radius 2 is 1.67 bits per heavy atom. The fourth-order valence-electron chi connectivity index (χ4n) is 1.54. The minimum Gasteiger partial charge on any atom is -0.388 e. The molecule has 2 N–H and O–H groups in total. The minimum absolute atomic E-state index is 0.102. The molecule has 0 radical (unpaired) electrons. The van der Waals surface area contributed by atoms with Crippen LogP contribution in [0, 0.1) is 5.92 Å². The molecule has 2 atom stereocenters. The number of likely N-dealkylation sites (tertiary alicyclic amines) is 1. The highest BCUT2D eigenvalue weighted by molar-refractivity contribution is 5.81. The average molecular weight is 171 g/mol. The Morgan fingerprint density at radius 1 is 1.17 bits per heavy atom. The molecular formula is C8H13NO3. The van der Waals surface area contributed by atoms with Crippen LogP contribution in [0.15, 0.2) is 0 Å². The van der Waals surface area contributed by atoms with E-state index in [-0.39, 0.29) is 11.8 Å². The van der Waals surface area contributed by atoms with Crippen molar-refractivity contribution >= 4 is 5.91 Å². The number of carbonyl (C=O) groups is 1. The molecule has 0 bridgehead atoms. The van der Waals surface area contributed by atoms with Crippen LogP contribution in [0.4, 0.5) is 0 Å². The Balaban J connectivity index is 1.93. The summed E-state index contributed by atoms with van der Waals surface area (Å²) in [5, 5.41) is 18.4. The average Bonchev–Trinajstić information content (AvgIpc) is 2.80. The van der Waals surface area contributed by atoms with E-state index in [1.54, 1.807) is 4.90 Å². The fourth-order valence-corrected chi connectivity index (χ4v) is 1.54. The molecule has 1 heterocycles. The molecule has 2 fully saturated rings. The number of aliphatic hydroxyl groups is 2. The van der Waals surface area contributed by atoms with Gasteiger partial charge in [-0.1, -0.05) is 0 Å². The lowest BCUT2D eigenvalue weighted by Gasteiger charge is -2.14. The second-order valence-corrected chi connectivity index (χ2v) is 3.65. The van der Waals surface area contributed by atoms with Crippen LogP contribution in [0.2, 0.25) is 0 Å². The molecule has 1 aliphatic heterocycles. The maximum absolute atomic E-state index is 11.4. The first kappa shape index (κ1) is 8.01. The molecule has 0 aromatic heterocycles. The normalized spacial score (nSPS) is 35.7. The number of nitrogens with zero attached hydrogens (tertiary/aromatic N) is 1. The number of carbonyl (C=O) groups excluding carboxylic acids is 1. The van der Waals surface area contributed by atoms with Crippen LogP contribution in [-0.2, 0) is 4.79 Å². The van der Waals surface area contributed by atoms with Crippen LogP contribution in [0.5, 0.6) is 0 Å². The summed E-state index contributed by atoms with van der Waals surface area (Å²) in [7, 11) is 0. The van der Waals surface area contributed by atoms with Gasteiger partial charge in [0.2, 0.25) is 5.91 Å². The second-order valence-electron chi connectivity index (χ2n) is 3.65. The Hall–Kier alpha value is -0.610. The molecule has 2 aliphatic rings. The third kappa shape index (κ3) is 1.32. The van der Waals surface area contributed by atoms with E-state index in [9.17, 15) is 15.0 Å². The lowest BCUT2D eigenvalue weighted by molar-refractivity contribution is -0.132. The van der Waals surface area contributed by atoms with E-state index in [4.69, 9.17) is 0 Å². The van der Waals surface area contributed by atoms with Gasteiger partial charge in [0.15, 0.2) is 0 Å². The number of aliphatic hydroxyl groups excluding tert-OH is 2. The first-order valence-electron chi connectivity index (χ1n) is 4.33. The van der Waals surface area contributed by atoms with Gasteiger partial charge in [0.25, 0.3) is 0 Å². The van der Waals surface area contributed by atoms with E-state index in [0.29, 0.717) is 13.1 Å². The summed E-state index contributed by atoms with van der Waals surface area (Å²) in [6.45, 7) is 0.604. The van der Waals surface area contributed by atoms with E-state index in [2.05, 4.69) is 0 Å². The zero-order chi connectivity index (χ0) is 8.72. The van der Waals surface area contributed by atoms with Gasteiger partial charge in [-0.05, 0) is 12.8 Å². The van der Waals surface area contributed by atoms with Crippen LogP contribution in [0.1, 0.15) is 12.8 Å². The Kier molecular flexibility index (Phi) is 1.81. The first-order chi connectivity index (χ1) is 5.68. The largest absolute Gasteiger partial charge is 0.388 e. The summed E-state index contributed by atoms with van der Waals surface area (Å²) in [6.07, 6.45) is 0.462. The van der Waals surface area contributed by atoms with Crippen molar-refractivity contribution < 1.29 is 15.0 Å². The highest BCUT2D eigenvalue weighted by atomic mass is 16.3. The molecule has 1 aliphatic carbocycles. The van der Waals surface area contributed by atoms with Gasteiger partial charge in [0.05, 0.1) is 12.2 Å². The molecule has 0 spiro atoms. The predicted molar refractivity (Wildman–Crippen MR) is 41.3 cm³/mol. The molecule has 68 valence electrons. The van der Waals surface area contributed by atoms with Crippen molar-refractivity contribution in [2.45, 2.75) is 25.0 Å². The van der Waals surface area contributed by atoms with Gasteiger partial charge < -0.3 is 15.1 Å². The summed E-state index contributed by atoms with van der Waals surface area (Å²) in [4.78, 5) is 13.0. The summed E-state index contributed by atoms with van der Waals surface area (Å²) in [6, 6.07) is 0. The van der Waals surface area contributed by atoms with Crippen molar-refractivity contribution in [3.63, 3.8) is 0 Å². The number of β-amino-alcohol motifs (C(OH)–C–C–N with tert-alkyl or cyclic N) is 2. The summed E-state index contributed by atoms with van der Waals surface area (Å²) in [5.41, 5.74) is 0. The lowest BCUT2D eigenvalue weighted by Crippen LogP contribution is -2.30. The van der Waals surface area contributed by atoms with Crippen molar-refractivity contribution in [2.75, 3.05) is 13.1 Å². The maximum Gasteiger partial charge on any atom is 0.225 e. The Labute approximate surface area is 70.8 Å². The monoisotopic (exact) mass is 171 g/mol. The molecule has 4 heteroatoms. The predicted octanol–water partition coefficient (Wildman–Crippen LogP) is -1.04. The minimum atomic E-state index is -0.743. The zero-order valence-electron chi connectivity index (χ0n) is 6.81. The van der Waals surface area contributed by atoms with E-state index < -0.39 is 12.2 Å². The Bertz CT molecular complexity index is 192. The van der Waals surface area contributed by atoms with Gasteiger partial charge >= 0.3 is 0 Å². The number of hydrogen-bond acceptors (Lipinski definition) is 3. The van der Waals surface area contributed by atoms with Crippen LogP contribution in [0.25, 0.3) is 0 Å². The first-order valence-corrected chi connectivity index (χ1v) is 4.33. The smallest absolute Gasteiger partial charge is 0.225 e. The maximum atomic E-state index is 11.4. The fraction of sp³-hybridized carbons (Fsp3) is 0.875. The van der Waals surface area contributed by atoms with Crippen LogP contribution >= 0.6 is 0 Å². The number of hydrogen-bond donors (Lipinski definition) is 2. The highest BCUT2D eigenvalue weighted by Crippen LogP contribution is 2.32. The van der Waals surface area contributed by atoms with Gasteiger partial charge in [-0.15, -0.1) is 0 Å². The highest BCUT2D eigenvalue weighted by Gasteiger charge is 2.39. The molecule has 2 unspecified atom stereocenters. The molecule has 12 heavy (non-hydrogen) atoms. The zero-order valence-corrected chi connectivity index (χ0v) is 6.81. The van der Waals surface area contributed by atoms with E-state index in [1.165, 1.54) is 0 Å². The van der Waals surface area contributed by atoms with Crippen LogP contribution in [-0.4, -0.2) is 46.3 Å². The van der Waals surface area contributed by atoms with E-state index in [1.807, 2.05) is 0 Å². The van der Waals surface area contributed by atoms with Crippen molar-refractivity contribution in [1.82, 2.24) is 4.90 Å². The second kappa shape index (κ2) is 2.71. The molecular weight excluding hydrogens is 158 g/mol. The third-order valence-corrected chi connectivity index (χ3v) is 2.50. The van der Waals surface area contributed by atoms with E-state index >= 15 is 0 Å². The lowest BCUT2D eigenvalue weighted by atomic mass is 10.3. The van der Waals surface area contributed by atoms with Gasteiger partial charge in [0.1, 0.15) is 0 Å². The molecule has 1 saturated carbocycles. The SMILES string of the molecule is O=C(C1CC1)N1CC(O)C(O)C1. The van der Waals surface area contributed by atoms with Crippen molar-refractivity contribution in [2.24, 2.45) is 5.92 Å². The Morgan fingerprint density at radius 3 is 2.08 bits per heavy atom. The quantitative estimate of drug-likeness (QED) is 0.530. The van der Waals surface area contributed by atoms with Crippen molar-refractivity contribution in [3.8, 4) is 0 Å². The van der Waals surface area contributed by atoms with Gasteiger partial charge in [0, 0.05) is 19.0 Å². The standard InChI is InChI=1S/C8H13NO3/c10-6-3-9(4-7(6)11)8(12)5-1-2-5/h5-7,10-11H,1-4H2. The molecule has 1 amide bonds. The summed E-state index contributed by atoms with van der Waals surface area (Å²) in [5.74, 6) is 0.285. The third-order valence-electron chi connectivity index (χ3n) is 2.50. The van der Waals surface area contributed by atoms with Gasteiger partial charge in [-0.3, -0.25) is 4.79 Å². The molecule has 0 aromatic rings. The van der Waals surface area contributed by atoms with Crippen LogP contribution in [0.3, 0.4) is 0 Å². The number of rotatable bonds is 1. The topological polar surface area (TPSA) is 60.8 Å². The van der Waals surface area contributed by atoms with Crippen LogP contribution < -0.4 is 0 Å². The molecule has 1 saturated heterocycles. The molecule has 2 rings (SSSR count). The molecule has 0 aromatic carbocycles. The summed E-state index contributed by atoms with van der Waals surface area (Å²) < 4.78 is 0. The molecule has 4 nitrogen and oxygen atoms in total. The van der Waals surface area contributed by atoms with Crippen molar-refractivity contribution in [1.29, 1.82) is 0 Å². The summed E-state index contributed by atoms with van der Waals surface area (Å²) >= 11 is 0. The van der Waals surface area contributed by atoms with Gasteiger partial charge in [-0.25, -0.2) is 0 Å². The number of amides is 1. The van der Waals surface area contributed by atoms with Gasteiger partial charge in [-0.2, -0.15) is 0 Å². The van der Waals surface area contributed by atoms with Crippen molar-refractivity contribution in [3.05, 3.63) is 0 Å². The van der Waals surface area contributed by atoms with E-state index in [0.717, 1.165) is 12.8 Å².